The molecule has 1 aliphatic rings. The lowest BCUT2D eigenvalue weighted by atomic mass is 9.97. The molecule has 20 heavy (non-hydrogen) atoms. The van der Waals surface area contributed by atoms with E-state index in [9.17, 15) is 0 Å². The first-order chi connectivity index (χ1) is 9.84. The zero-order valence-electron chi connectivity index (χ0n) is 11.5. The van der Waals surface area contributed by atoms with E-state index < -0.39 is 0 Å². The van der Waals surface area contributed by atoms with Gasteiger partial charge in [-0.1, -0.05) is 54.6 Å². The van der Waals surface area contributed by atoms with E-state index in [-0.39, 0.29) is 0 Å². The fraction of sp³-hybridized carbons (Fsp3) is 0.167. The number of rotatable bonds is 1. The molecule has 98 valence electrons. The van der Waals surface area contributed by atoms with Gasteiger partial charge in [-0.15, -0.1) is 0 Å². The molecular formula is C18H16N2. The molecule has 0 aliphatic carbocycles. The Balaban J connectivity index is 1.97. The van der Waals surface area contributed by atoms with E-state index in [2.05, 4.69) is 60.0 Å². The van der Waals surface area contributed by atoms with Crippen molar-refractivity contribution in [2.24, 2.45) is 0 Å². The van der Waals surface area contributed by atoms with Gasteiger partial charge in [0.25, 0.3) is 0 Å². The van der Waals surface area contributed by atoms with Gasteiger partial charge in [0, 0.05) is 17.7 Å². The largest absolute Gasteiger partial charge is 0.323 e. The topological polar surface area (TPSA) is 17.8 Å². The van der Waals surface area contributed by atoms with Crippen LogP contribution in [0.4, 0.5) is 0 Å². The van der Waals surface area contributed by atoms with Gasteiger partial charge in [0.1, 0.15) is 5.82 Å². The predicted octanol–water partition coefficient (Wildman–Crippen LogP) is 4.08. The fourth-order valence-electron chi connectivity index (χ4n) is 3.14. The highest BCUT2D eigenvalue weighted by atomic mass is 15.1. The summed E-state index contributed by atoms with van der Waals surface area (Å²) in [6.07, 6.45) is 1.08. The van der Waals surface area contributed by atoms with Crippen LogP contribution in [0.1, 0.15) is 11.3 Å². The first-order valence-electron chi connectivity index (χ1n) is 7.05. The van der Waals surface area contributed by atoms with Crippen LogP contribution in [0.5, 0.6) is 0 Å². The second-order valence-electron chi connectivity index (χ2n) is 5.29. The molecule has 0 saturated carbocycles. The van der Waals surface area contributed by atoms with Crippen LogP contribution < -0.4 is 0 Å². The van der Waals surface area contributed by atoms with E-state index in [0.717, 1.165) is 24.5 Å². The van der Waals surface area contributed by atoms with Crippen LogP contribution in [0.15, 0.2) is 54.6 Å². The van der Waals surface area contributed by atoms with Gasteiger partial charge < -0.3 is 4.57 Å². The summed E-state index contributed by atoms with van der Waals surface area (Å²) in [5.74, 6) is 1.09. The van der Waals surface area contributed by atoms with E-state index >= 15 is 0 Å². The van der Waals surface area contributed by atoms with E-state index in [0.29, 0.717) is 0 Å². The second-order valence-corrected chi connectivity index (χ2v) is 5.29. The molecule has 0 unspecified atom stereocenters. The minimum absolute atomic E-state index is 1.01. The van der Waals surface area contributed by atoms with Crippen molar-refractivity contribution in [3.05, 3.63) is 65.9 Å². The van der Waals surface area contributed by atoms with E-state index in [1.165, 1.54) is 22.4 Å². The Bertz CT molecular complexity index is 769. The maximum Gasteiger partial charge on any atom is 0.140 e. The summed E-state index contributed by atoms with van der Waals surface area (Å²) in [5.41, 5.74) is 6.37. The van der Waals surface area contributed by atoms with Gasteiger partial charge in [-0.05, 0) is 18.9 Å². The number of aromatic nitrogens is 2. The molecule has 0 saturated heterocycles. The Morgan fingerprint density at radius 3 is 2.55 bits per heavy atom. The van der Waals surface area contributed by atoms with Crippen molar-refractivity contribution in [1.82, 2.24) is 9.55 Å². The quantitative estimate of drug-likeness (QED) is 0.644. The van der Waals surface area contributed by atoms with Crippen LogP contribution in [0.3, 0.4) is 0 Å². The van der Waals surface area contributed by atoms with Gasteiger partial charge in [0.2, 0.25) is 0 Å². The number of aryl methyl sites for hydroxylation is 2. The second kappa shape index (κ2) is 4.34. The smallest absolute Gasteiger partial charge is 0.140 e. The molecule has 0 radical (unpaired) electrons. The SMILES string of the molecule is Cc1nc(-c2ccccc2)n2c1-c1ccccc1CC2. The third kappa shape index (κ3) is 1.61. The molecule has 0 N–H and O–H groups in total. The maximum atomic E-state index is 4.82. The molecule has 2 heteroatoms. The van der Waals surface area contributed by atoms with Crippen LogP contribution in [0.25, 0.3) is 22.6 Å². The average molecular weight is 260 g/mol. The van der Waals surface area contributed by atoms with Crippen LogP contribution in [0, 0.1) is 6.92 Å². The Labute approximate surface area is 118 Å². The van der Waals surface area contributed by atoms with Crippen molar-refractivity contribution in [3.63, 3.8) is 0 Å². The summed E-state index contributed by atoms with van der Waals surface area (Å²) in [6, 6.07) is 19.1. The number of imidazole rings is 1. The van der Waals surface area contributed by atoms with Gasteiger partial charge in [0.05, 0.1) is 11.4 Å². The Hall–Kier alpha value is -2.35. The van der Waals surface area contributed by atoms with Gasteiger partial charge in [-0.3, -0.25) is 0 Å². The predicted molar refractivity (Wildman–Crippen MR) is 81.5 cm³/mol. The highest BCUT2D eigenvalue weighted by Crippen LogP contribution is 2.35. The summed E-state index contributed by atoms with van der Waals surface area (Å²) >= 11 is 0. The van der Waals surface area contributed by atoms with Crippen LogP contribution in [-0.4, -0.2) is 9.55 Å². The molecular weight excluding hydrogens is 244 g/mol. The Morgan fingerprint density at radius 2 is 1.70 bits per heavy atom. The van der Waals surface area contributed by atoms with Crippen molar-refractivity contribution in [3.8, 4) is 22.6 Å². The fourth-order valence-corrected chi connectivity index (χ4v) is 3.14. The van der Waals surface area contributed by atoms with Gasteiger partial charge in [-0.25, -0.2) is 4.98 Å². The third-order valence-electron chi connectivity index (χ3n) is 4.05. The number of hydrogen-bond acceptors (Lipinski definition) is 1. The number of fused-ring (bicyclic) bond motifs is 3. The normalized spacial score (nSPS) is 12.8. The summed E-state index contributed by atoms with van der Waals surface area (Å²) in [7, 11) is 0. The molecule has 1 aliphatic heterocycles. The molecule has 3 aromatic rings. The highest BCUT2D eigenvalue weighted by Gasteiger charge is 2.22. The molecule has 2 nitrogen and oxygen atoms in total. The first-order valence-corrected chi connectivity index (χ1v) is 7.05. The van der Waals surface area contributed by atoms with Crippen molar-refractivity contribution in [2.75, 3.05) is 0 Å². The maximum absolute atomic E-state index is 4.82. The minimum atomic E-state index is 1.01. The zero-order chi connectivity index (χ0) is 13.5. The van der Waals surface area contributed by atoms with Gasteiger partial charge in [-0.2, -0.15) is 0 Å². The lowest BCUT2D eigenvalue weighted by Crippen LogP contribution is -2.11. The number of benzene rings is 2. The minimum Gasteiger partial charge on any atom is -0.323 e. The summed E-state index contributed by atoms with van der Waals surface area (Å²) in [4.78, 5) is 4.82. The van der Waals surface area contributed by atoms with Crippen molar-refractivity contribution in [2.45, 2.75) is 19.9 Å². The summed E-state index contributed by atoms with van der Waals surface area (Å²) in [6.45, 7) is 3.12. The summed E-state index contributed by atoms with van der Waals surface area (Å²) < 4.78 is 2.37. The van der Waals surface area contributed by atoms with Gasteiger partial charge in [0.15, 0.2) is 0 Å². The molecule has 0 bridgehead atoms. The number of nitrogens with zero attached hydrogens (tertiary/aromatic N) is 2. The first kappa shape index (κ1) is 11.5. The molecule has 0 atom stereocenters. The third-order valence-corrected chi connectivity index (χ3v) is 4.05. The molecule has 0 spiro atoms. The molecule has 0 amide bonds. The van der Waals surface area contributed by atoms with E-state index in [1.807, 2.05) is 6.07 Å². The van der Waals surface area contributed by atoms with E-state index in [4.69, 9.17) is 4.98 Å². The number of hydrogen-bond donors (Lipinski definition) is 0. The molecule has 1 aromatic heterocycles. The van der Waals surface area contributed by atoms with Gasteiger partial charge >= 0.3 is 0 Å². The molecule has 4 rings (SSSR count). The molecule has 2 heterocycles. The standard InChI is InChI=1S/C18H16N2/c1-13-17-16-10-6-5-7-14(16)11-12-20(17)18(19-13)15-8-3-2-4-9-15/h2-10H,11-12H2,1H3. The lowest BCUT2D eigenvalue weighted by molar-refractivity contribution is 0.691. The molecule has 0 fully saturated rings. The van der Waals surface area contributed by atoms with Crippen molar-refractivity contribution < 1.29 is 0 Å². The molecule has 2 aromatic carbocycles. The van der Waals surface area contributed by atoms with Crippen LogP contribution >= 0.6 is 0 Å². The average Bonchev–Trinajstić information content (AvgIpc) is 2.86. The Morgan fingerprint density at radius 1 is 0.950 bits per heavy atom. The Kier molecular flexibility index (Phi) is 2.49. The van der Waals surface area contributed by atoms with Crippen LogP contribution in [0.2, 0.25) is 0 Å². The zero-order valence-corrected chi connectivity index (χ0v) is 11.5. The van der Waals surface area contributed by atoms with Crippen LogP contribution in [-0.2, 0) is 13.0 Å². The highest BCUT2D eigenvalue weighted by molar-refractivity contribution is 5.72. The van der Waals surface area contributed by atoms with E-state index in [1.54, 1.807) is 0 Å². The van der Waals surface area contributed by atoms with Crippen molar-refractivity contribution >= 4 is 0 Å². The van der Waals surface area contributed by atoms with Crippen molar-refractivity contribution in [1.29, 1.82) is 0 Å². The monoisotopic (exact) mass is 260 g/mol. The summed E-state index contributed by atoms with van der Waals surface area (Å²) in [5, 5.41) is 0. The lowest BCUT2D eigenvalue weighted by Gasteiger charge is -2.20.